The molecule has 2 aromatic rings. The van der Waals surface area contributed by atoms with Crippen LogP contribution in [0.3, 0.4) is 0 Å². The Morgan fingerprint density at radius 2 is 1.85 bits per heavy atom. The van der Waals surface area contributed by atoms with Crippen molar-refractivity contribution in [2.45, 2.75) is 32.4 Å². The summed E-state index contributed by atoms with van der Waals surface area (Å²) in [5, 5.41) is 4.57. The van der Waals surface area contributed by atoms with E-state index in [0.29, 0.717) is 24.3 Å². The number of halogens is 3. The van der Waals surface area contributed by atoms with Gasteiger partial charge in [-0.15, -0.1) is 0 Å². The van der Waals surface area contributed by atoms with Crippen LogP contribution in [0.25, 0.3) is 10.2 Å². The molecule has 0 radical (unpaired) electrons. The molecular weight excluding hydrogens is 377 g/mol. The van der Waals surface area contributed by atoms with Crippen LogP contribution in [0, 0.1) is 0 Å². The summed E-state index contributed by atoms with van der Waals surface area (Å²) < 4.78 is 41.7. The quantitative estimate of drug-likeness (QED) is 0.713. The fourth-order valence-corrected chi connectivity index (χ4v) is 4.31. The number of carbonyl (C=O) groups is 1. The molecular formula is C18H17F3N4OS. The maximum Gasteiger partial charge on any atom is 0.436 e. The Kier molecular flexibility index (Phi) is 4.41. The SMILES string of the molecule is C/C(=C1\C(=O)N(c2nc3ccccc3s2)N=C1C(F)(F)F)N1CCCCC1. The van der Waals surface area contributed by atoms with E-state index in [0.717, 1.165) is 40.3 Å². The number of amides is 1. The second-order valence-electron chi connectivity index (χ2n) is 6.54. The van der Waals surface area contributed by atoms with E-state index in [1.165, 1.54) is 0 Å². The highest BCUT2D eigenvalue weighted by molar-refractivity contribution is 7.22. The van der Waals surface area contributed by atoms with Gasteiger partial charge in [0.25, 0.3) is 5.91 Å². The molecule has 9 heteroatoms. The highest BCUT2D eigenvalue weighted by atomic mass is 32.1. The zero-order valence-corrected chi connectivity index (χ0v) is 15.4. The number of thiazole rings is 1. The molecule has 0 saturated carbocycles. The van der Waals surface area contributed by atoms with Gasteiger partial charge >= 0.3 is 6.18 Å². The molecule has 1 saturated heterocycles. The second kappa shape index (κ2) is 6.63. The average molecular weight is 394 g/mol. The van der Waals surface area contributed by atoms with Gasteiger partial charge in [-0.3, -0.25) is 4.79 Å². The zero-order chi connectivity index (χ0) is 19.2. The van der Waals surface area contributed by atoms with Crippen molar-refractivity contribution in [3.05, 3.63) is 35.5 Å². The topological polar surface area (TPSA) is 48.8 Å². The van der Waals surface area contributed by atoms with E-state index < -0.39 is 17.8 Å². The number of rotatable bonds is 2. The molecule has 0 atom stereocenters. The molecule has 0 spiro atoms. The Balaban J connectivity index is 1.79. The Hall–Kier alpha value is -2.42. The van der Waals surface area contributed by atoms with Gasteiger partial charge in [-0.1, -0.05) is 23.5 Å². The summed E-state index contributed by atoms with van der Waals surface area (Å²) in [6.07, 6.45) is -1.86. The normalized spacial score (nSPS) is 20.4. The number of hydrogen-bond donors (Lipinski definition) is 0. The summed E-state index contributed by atoms with van der Waals surface area (Å²) in [6.45, 7) is 2.87. The van der Waals surface area contributed by atoms with E-state index in [-0.39, 0.29) is 10.7 Å². The van der Waals surface area contributed by atoms with Crippen molar-refractivity contribution in [1.29, 1.82) is 0 Å². The summed E-state index contributed by atoms with van der Waals surface area (Å²) in [6, 6.07) is 7.15. The van der Waals surface area contributed by atoms with Crippen LogP contribution < -0.4 is 5.01 Å². The average Bonchev–Trinajstić information content (AvgIpc) is 3.22. The summed E-state index contributed by atoms with van der Waals surface area (Å²) in [7, 11) is 0. The van der Waals surface area contributed by atoms with Crippen molar-refractivity contribution in [3.8, 4) is 0 Å². The maximum absolute atomic E-state index is 13.6. The van der Waals surface area contributed by atoms with Gasteiger partial charge < -0.3 is 4.90 Å². The number of allylic oxidation sites excluding steroid dienone is 1. The Bertz CT molecular complexity index is 924. The smallest absolute Gasteiger partial charge is 0.374 e. The van der Waals surface area contributed by atoms with Crippen molar-refractivity contribution >= 4 is 38.3 Å². The van der Waals surface area contributed by atoms with Gasteiger partial charge in [0.05, 0.1) is 15.8 Å². The van der Waals surface area contributed by atoms with Crippen molar-refractivity contribution in [3.63, 3.8) is 0 Å². The largest absolute Gasteiger partial charge is 0.436 e. The van der Waals surface area contributed by atoms with Crippen LogP contribution in [-0.4, -0.2) is 40.8 Å². The van der Waals surface area contributed by atoms with E-state index in [1.807, 2.05) is 11.0 Å². The summed E-state index contributed by atoms with van der Waals surface area (Å²) in [4.78, 5) is 19.0. The van der Waals surface area contributed by atoms with E-state index in [1.54, 1.807) is 25.1 Å². The summed E-state index contributed by atoms with van der Waals surface area (Å²) in [5.41, 5.74) is -0.558. The molecule has 142 valence electrons. The van der Waals surface area contributed by atoms with Crippen LogP contribution >= 0.6 is 11.3 Å². The third kappa shape index (κ3) is 3.20. The molecule has 2 aliphatic heterocycles. The lowest BCUT2D eigenvalue weighted by Gasteiger charge is -2.30. The third-order valence-electron chi connectivity index (χ3n) is 4.77. The third-order valence-corrected chi connectivity index (χ3v) is 5.78. The first-order valence-corrected chi connectivity index (χ1v) is 9.50. The first kappa shape index (κ1) is 18.0. The van der Waals surface area contributed by atoms with Crippen molar-refractivity contribution in [2.75, 3.05) is 18.1 Å². The Morgan fingerprint density at radius 1 is 1.15 bits per heavy atom. The van der Waals surface area contributed by atoms with Crippen molar-refractivity contribution in [1.82, 2.24) is 9.88 Å². The van der Waals surface area contributed by atoms with E-state index in [4.69, 9.17) is 0 Å². The first-order chi connectivity index (χ1) is 12.9. The minimum Gasteiger partial charge on any atom is -0.374 e. The van der Waals surface area contributed by atoms with Gasteiger partial charge in [-0.05, 0) is 38.3 Å². The van der Waals surface area contributed by atoms with Gasteiger partial charge in [0.2, 0.25) is 5.13 Å². The maximum atomic E-state index is 13.6. The first-order valence-electron chi connectivity index (χ1n) is 8.68. The van der Waals surface area contributed by atoms with Crippen LogP contribution in [0.5, 0.6) is 0 Å². The van der Waals surface area contributed by atoms with Gasteiger partial charge in [-0.25, -0.2) is 4.98 Å². The molecule has 0 aliphatic carbocycles. The lowest BCUT2D eigenvalue weighted by Crippen LogP contribution is -2.34. The monoisotopic (exact) mass is 394 g/mol. The number of para-hydroxylation sites is 1. The second-order valence-corrected chi connectivity index (χ2v) is 7.54. The molecule has 4 rings (SSSR count). The van der Waals surface area contributed by atoms with Crippen LogP contribution in [0.2, 0.25) is 0 Å². The van der Waals surface area contributed by atoms with Crippen molar-refractivity contribution < 1.29 is 18.0 Å². The van der Waals surface area contributed by atoms with Crippen LogP contribution in [-0.2, 0) is 4.79 Å². The number of piperidine rings is 1. The highest BCUT2D eigenvalue weighted by Gasteiger charge is 2.49. The van der Waals surface area contributed by atoms with Crippen LogP contribution in [0.4, 0.5) is 18.3 Å². The number of likely N-dealkylation sites (tertiary alicyclic amines) is 1. The van der Waals surface area contributed by atoms with Crippen LogP contribution in [0.15, 0.2) is 40.6 Å². The Labute approximate surface area is 157 Å². The number of fused-ring (bicyclic) bond motifs is 1. The summed E-state index contributed by atoms with van der Waals surface area (Å²) >= 11 is 1.14. The zero-order valence-electron chi connectivity index (χ0n) is 14.6. The minimum absolute atomic E-state index is 0.143. The van der Waals surface area contributed by atoms with E-state index >= 15 is 0 Å². The molecule has 2 aliphatic rings. The van der Waals surface area contributed by atoms with Crippen molar-refractivity contribution in [2.24, 2.45) is 5.10 Å². The molecule has 3 heterocycles. The number of hydrazone groups is 1. The number of anilines is 1. The van der Waals surface area contributed by atoms with Gasteiger partial charge in [0.15, 0.2) is 5.71 Å². The number of aromatic nitrogens is 1. The fraction of sp³-hybridized carbons (Fsp3) is 0.389. The van der Waals surface area contributed by atoms with E-state index in [9.17, 15) is 18.0 Å². The van der Waals surface area contributed by atoms with Gasteiger partial charge in [0.1, 0.15) is 0 Å². The molecule has 0 bridgehead atoms. The molecule has 0 unspecified atom stereocenters. The predicted molar refractivity (Wildman–Crippen MR) is 98.7 cm³/mol. The molecule has 1 aromatic heterocycles. The lowest BCUT2D eigenvalue weighted by atomic mass is 10.0. The van der Waals surface area contributed by atoms with Gasteiger partial charge in [-0.2, -0.15) is 23.3 Å². The van der Waals surface area contributed by atoms with Crippen LogP contribution in [0.1, 0.15) is 26.2 Å². The Morgan fingerprint density at radius 3 is 2.52 bits per heavy atom. The molecule has 1 fully saturated rings. The molecule has 0 N–H and O–H groups in total. The highest BCUT2D eigenvalue weighted by Crippen LogP contribution is 2.37. The molecule has 27 heavy (non-hydrogen) atoms. The standard InChI is InChI=1S/C18H17F3N4OS/c1-11(24-9-5-2-6-10-24)14-15(18(19,20)21)23-25(16(14)26)17-22-12-7-3-4-8-13(12)27-17/h3-4,7-8H,2,5-6,9-10H2,1H3/b14-11+. The molecule has 1 aromatic carbocycles. The van der Waals surface area contributed by atoms with E-state index in [2.05, 4.69) is 10.1 Å². The molecule has 5 nitrogen and oxygen atoms in total. The van der Waals surface area contributed by atoms with Gasteiger partial charge in [0, 0.05) is 18.8 Å². The summed E-state index contributed by atoms with van der Waals surface area (Å²) in [5.74, 6) is -0.774. The number of nitrogens with zero attached hydrogens (tertiary/aromatic N) is 4. The fourth-order valence-electron chi connectivity index (χ4n) is 3.39. The minimum atomic E-state index is -4.71. The number of carbonyl (C=O) groups excluding carboxylic acids is 1. The molecule has 1 amide bonds. The number of alkyl halides is 3. The lowest BCUT2D eigenvalue weighted by molar-refractivity contribution is -0.114. The number of benzene rings is 1. The number of hydrogen-bond acceptors (Lipinski definition) is 5. The predicted octanol–water partition coefficient (Wildman–Crippen LogP) is 4.32.